The molecule has 0 bridgehead atoms. The topological polar surface area (TPSA) is 9.23 Å². The molecule has 0 unspecified atom stereocenters. The van der Waals surface area contributed by atoms with Crippen LogP contribution in [0.5, 0.6) is 0 Å². The Balaban J connectivity index is 3.84. The Morgan fingerprint density at radius 2 is 1.45 bits per heavy atom. The summed E-state index contributed by atoms with van der Waals surface area (Å²) in [5.74, 6) is 0. The van der Waals surface area contributed by atoms with Gasteiger partial charge in [-0.25, -0.2) is 0 Å². The summed E-state index contributed by atoms with van der Waals surface area (Å²) in [6.45, 7) is 7.75. The van der Waals surface area contributed by atoms with Crippen molar-refractivity contribution in [3.05, 3.63) is 0 Å². The molecule has 0 aromatic heterocycles. The van der Waals surface area contributed by atoms with Crippen molar-refractivity contribution >= 4 is 0 Å². The molecule has 0 amide bonds. The van der Waals surface area contributed by atoms with Gasteiger partial charge in [-0.05, 0) is 11.8 Å². The van der Waals surface area contributed by atoms with Crippen molar-refractivity contribution in [1.82, 2.24) is 0 Å². The van der Waals surface area contributed by atoms with Gasteiger partial charge in [-0.1, -0.05) is 40.0 Å². The van der Waals surface area contributed by atoms with Gasteiger partial charge in [-0.2, -0.15) is 0 Å². The minimum absolute atomic E-state index is 0.552. The van der Waals surface area contributed by atoms with Gasteiger partial charge in [0.05, 0.1) is 0 Å². The molecule has 0 saturated heterocycles. The van der Waals surface area contributed by atoms with Crippen molar-refractivity contribution in [2.75, 3.05) is 13.7 Å². The first-order chi connectivity index (χ1) is 5.24. The zero-order valence-corrected chi connectivity index (χ0v) is 8.44. The molecule has 0 spiro atoms. The first-order valence-corrected chi connectivity index (χ1v) is 4.73. The van der Waals surface area contributed by atoms with E-state index in [1.165, 1.54) is 25.7 Å². The van der Waals surface area contributed by atoms with Crippen molar-refractivity contribution in [1.29, 1.82) is 0 Å². The number of hydrogen-bond acceptors (Lipinski definition) is 1. The molecule has 0 heterocycles. The highest BCUT2D eigenvalue weighted by atomic mass is 16.5. The maximum atomic E-state index is 5.10. The summed E-state index contributed by atoms with van der Waals surface area (Å²) in [6, 6.07) is 0. The normalized spacial score (nSPS) is 12.0. The van der Waals surface area contributed by atoms with Crippen LogP contribution in [0, 0.1) is 5.41 Å². The third kappa shape index (κ3) is 3.24. The van der Waals surface area contributed by atoms with E-state index in [0.717, 1.165) is 6.61 Å². The minimum atomic E-state index is 0.552. The van der Waals surface area contributed by atoms with Crippen molar-refractivity contribution in [2.45, 2.75) is 46.5 Å². The SMILES string of the molecule is CCC(CC)(CC)CCOC. The summed E-state index contributed by atoms with van der Waals surface area (Å²) < 4.78 is 5.10. The first-order valence-electron chi connectivity index (χ1n) is 4.73. The smallest absolute Gasteiger partial charge is 0.0467 e. The molecule has 0 aliphatic carbocycles. The Kier molecular flexibility index (Phi) is 5.57. The summed E-state index contributed by atoms with van der Waals surface area (Å²) in [6.07, 6.45) is 5.06. The van der Waals surface area contributed by atoms with E-state index in [4.69, 9.17) is 4.74 Å². The number of methoxy groups -OCH3 is 1. The quantitative estimate of drug-likeness (QED) is 0.576. The van der Waals surface area contributed by atoms with Crippen LogP contribution in [-0.2, 0) is 4.74 Å². The summed E-state index contributed by atoms with van der Waals surface area (Å²) >= 11 is 0. The second-order valence-electron chi connectivity index (χ2n) is 3.30. The highest BCUT2D eigenvalue weighted by Crippen LogP contribution is 2.33. The molecule has 0 aliphatic heterocycles. The Morgan fingerprint density at radius 1 is 1.00 bits per heavy atom. The zero-order valence-electron chi connectivity index (χ0n) is 8.44. The van der Waals surface area contributed by atoms with Crippen LogP contribution in [0.25, 0.3) is 0 Å². The van der Waals surface area contributed by atoms with Gasteiger partial charge >= 0.3 is 0 Å². The van der Waals surface area contributed by atoms with E-state index >= 15 is 0 Å². The molecule has 1 nitrogen and oxygen atoms in total. The van der Waals surface area contributed by atoms with E-state index < -0.39 is 0 Å². The number of rotatable bonds is 6. The molecule has 0 N–H and O–H groups in total. The third-order valence-corrected chi connectivity index (χ3v) is 3.09. The maximum Gasteiger partial charge on any atom is 0.0467 e. The monoisotopic (exact) mass is 158 g/mol. The van der Waals surface area contributed by atoms with E-state index in [1.54, 1.807) is 7.11 Å². The molecule has 0 aliphatic rings. The van der Waals surface area contributed by atoms with Gasteiger partial charge in [0.1, 0.15) is 0 Å². The van der Waals surface area contributed by atoms with Crippen molar-refractivity contribution in [2.24, 2.45) is 5.41 Å². The predicted molar refractivity (Wildman–Crippen MR) is 49.8 cm³/mol. The lowest BCUT2D eigenvalue weighted by Gasteiger charge is -2.29. The van der Waals surface area contributed by atoms with Gasteiger partial charge in [0.15, 0.2) is 0 Å². The van der Waals surface area contributed by atoms with Crippen LogP contribution >= 0.6 is 0 Å². The van der Waals surface area contributed by atoms with Crippen LogP contribution in [0.1, 0.15) is 46.5 Å². The lowest BCUT2D eigenvalue weighted by Crippen LogP contribution is -2.19. The Labute approximate surface area is 71.1 Å². The van der Waals surface area contributed by atoms with E-state index in [1.807, 2.05) is 0 Å². The standard InChI is InChI=1S/C10H22O/c1-5-10(6-2,7-3)8-9-11-4/h5-9H2,1-4H3. The van der Waals surface area contributed by atoms with Gasteiger partial charge in [-0.15, -0.1) is 0 Å². The van der Waals surface area contributed by atoms with Crippen molar-refractivity contribution < 1.29 is 4.74 Å². The lowest BCUT2D eigenvalue weighted by atomic mass is 9.77. The Bertz CT molecular complexity index is 76.6. The van der Waals surface area contributed by atoms with Gasteiger partial charge in [0, 0.05) is 13.7 Å². The molecule has 1 heteroatoms. The summed E-state index contributed by atoms with van der Waals surface area (Å²) in [5.41, 5.74) is 0.552. The Hall–Kier alpha value is -0.0400. The molecule has 0 atom stereocenters. The van der Waals surface area contributed by atoms with Crippen LogP contribution in [0.15, 0.2) is 0 Å². The second-order valence-corrected chi connectivity index (χ2v) is 3.30. The summed E-state index contributed by atoms with van der Waals surface area (Å²) in [7, 11) is 1.78. The fourth-order valence-electron chi connectivity index (χ4n) is 1.60. The molecule has 0 rings (SSSR count). The van der Waals surface area contributed by atoms with Gasteiger partial charge < -0.3 is 4.74 Å². The van der Waals surface area contributed by atoms with E-state index in [2.05, 4.69) is 20.8 Å². The third-order valence-electron chi connectivity index (χ3n) is 3.09. The largest absolute Gasteiger partial charge is 0.385 e. The fourth-order valence-corrected chi connectivity index (χ4v) is 1.60. The lowest BCUT2D eigenvalue weighted by molar-refractivity contribution is 0.124. The average Bonchev–Trinajstić information content (AvgIpc) is 2.08. The van der Waals surface area contributed by atoms with Crippen LogP contribution in [0.4, 0.5) is 0 Å². The fraction of sp³-hybridized carbons (Fsp3) is 1.00. The maximum absolute atomic E-state index is 5.10. The van der Waals surface area contributed by atoms with Crippen molar-refractivity contribution in [3.63, 3.8) is 0 Å². The van der Waals surface area contributed by atoms with Crippen LogP contribution in [0.2, 0.25) is 0 Å². The van der Waals surface area contributed by atoms with Gasteiger partial charge in [-0.3, -0.25) is 0 Å². The molecule has 68 valence electrons. The average molecular weight is 158 g/mol. The number of ether oxygens (including phenoxy) is 1. The predicted octanol–water partition coefficient (Wildman–Crippen LogP) is 3.24. The van der Waals surface area contributed by atoms with E-state index in [-0.39, 0.29) is 0 Å². The molecular formula is C10H22O. The molecule has 0 fully saturated rings. The molecular weight excluding hydrogens is 136 g/mol. The summed E-state index contributed by atoms with van der Waals surface area (Å²) in [4.78, 5) is 0. The molecule has 0 saturated carbocycles. The highest BCUT2D eigenvalue weighted by Gasteiger charge is 2.22. The van der Waals surface area contributed by atoms with Gasteiger partial charge in [0.2, 0.25) is 0 Å². The van der Waals surface area contributed by atoms with E-state index in [0.29, 0.717) is 5.41 Å². The molecule has 0 aromatic carbocycles. The van der Waals surface area contributed by atoms with Crippen molar-refractivity contribution in [3.8, 4) is 0 Å². The first kappa shape index (κ1) is 11.0. The zero-order chi connectivity index (χ0) is 8.74. The van der Waals surface area contributed by atoms with E-state index in [9.17, 15) is 0 Å². The Morgan fingerprint density at radius 3 is 1.73 bits per heavy atom. The van der Waals surface area contributed by atoms with Crippen LogP contribution in [0.3, 0.4) is 0 Å². The highest BCUT2D eigenvalue weighted by molar-refractivity contribution is 4.74. The number of hydrogen-bond donors (Lipinski definition) is 0. The van der Waals surface area contributed by atoms with Crippen LogP contribution in [-0.4, -0.2) is 13.7 Å². The minimum Gasteiger partial charge on any atom is -0.385 e. The van der Waals surface area contributed by atoms with Crippen LogP contribution < -0.4 is 0 Å². The summed E-state index contributed by atoms with van der Waals surface area (Å²) in [5, 5.41) is 0. The molecule has 0 aromatic rings. The van der Waals surface area contributed by atoms with Gasteiger partial charge in [0.25, 0.3) is 0 Å². The second kappa shape index (κ2) is 5.59. The molecule has 0 radical (unpaired) electrons. The molecule has 11 heavy (non-hydrogen) atoms.